The average Bonchev–Trinajstić information content (AvgIpc) is 2.16. The maximum absolute atomic E-state index is 6.34. The predicted molar refractivity (Wildman–Crippen MR) is 86.3 cm³/mol. The van der Waals surface area contributed by atoms with Crippen LogP contribution in [0.2, 0.25) is 5.02 Å². The number of rotatable bonds is 4. The van der Waals surface area contributed by atoms with Gasteiger partial charge in [-0.15, -0.1) is 0 Å². The molecule has 0 amide bonds. The Morgan fingerprint density at radius 1 is 1.11 bits per heavy atom. The van der Waals surface area contributed by atoms with Gasteiger partial charge in [-0.2, -0.15) is 0 Å². The van der Waals surface area contributed by atoms with E-state index in [4.69, 9.17) is 11.6 Å². The van der Waals surface area contributed by atoms with Crippen molar-refractivity contribution >= 4 is 39.9 Å². The predicted octanol–water partition coefficient (Wildman–Crippen LogP) is 5.33. The lowest BCUT2D eigenvalue weighted by Gasteiger charge is -2.43. The SMILES string of the molecule is Clc1cc(I)ccc1NC(C1CCC1)C1CCC1. The van der Waals surface area contributed by atoms with Crippen LogP contribution < -0.4 is 5.32 Å². The molecule has 3 heteroatoms. The van der Waals surface area contributed by atoms with Gasteiger partial charge in [-0.05, 0) is 78.3 Å². The molecule has 2 aliphatic carbocycles. The van der Waals surface area contributed by atoms with Gasteiger partial charge >= 0.3 is 0 Å². The van der Waals surface area contributed by atoms with Crippen molar-refractivity contribution < 1.29 is 0 Å². The van der Waals surface area contributed by atoms with Gasteiger partial charge in [0.25, 0.3) is 0 Å². The Kier molecular flexibility index (Phi) is 4.04. The first kappa shape index (κ1) is 13.0. The lowest BCUT2D eigenvalue weighted by Crippen LogP contribution is -2.42. The van der Waals surface area contributed by atoms with Crippen molar-refractivity contribution in [3.63, 3.8) is 0 Å². The molecular weight excluding hydrogens is 357 g/mol. The molecule has 0 saturated heterocycles. The highest BCUT2D eigenvalue weighted by Gasteiger charge is 2.36. The molecule has 1 N–H and O–H groups in total. The monoisotopic (exact) mass is 375 g/mol. The largest absolute Gasteiger partial charge is 0.381 e. The summed E-state index contributed by atoms with van der Waals surface area (Å²) in [6, 6.07) is 6.97. The van der Waals surface area contributed by atoms with Crippen molar-refractivity contribution in [2.24, 2.45) is 11.8 Å². The van der Waals surface area contributed by atoms with Crippen LogP contribution in [0.25, 0.3) is 0 Å². The van der Waals surface area contributed by atoms with Crippen LogP contribution in [0.3, 0.4) is 0 Å². The summed E-state index contributed by atoms with van der Waals surface area (Å²) in [6.45, 7) is 0. The van der Waals surface area contributed by atoms with Gasteiger partial charge in [-0.1, -0.05) is 24.4 Å². The molecule has 0 aliphatic heterocycles. The molecule has 18 heavy (non-hydrogen) atoms. The first-order chi connectivity index (χ1) is 8.74. The molecule has 2 fully saturated rings. The number of benzene rings is 1. The third kappa shape index (κ3) is 2.64. The summed E-state index contributed by atoms with van der Waals surface area (Å²) in [7, 11) is 0. The van der Waals surface area contributed by atoms with Crippen LogP contribution in [0, 0.1) is 15.4 Å². The van der Waals surface area contributed by atoms with E-state index >= 15 is 0 Å². The molecule has 3 rings (SSSR count). The average molecular weight is 376 g/mol. The van der Waals surface area contributed by atoms with E-state index in [9.17, 15) is 0 Å². The fourth-order valence-electron chi connectivity index (χ4n) is 3.00. The van der Waals surface area contributed by atoms with Crippen molar-refractivity contribution in [3.05, 3.63) is 26.8 Å². The highest BCUT2D eigenvalue weighted by Crippen LogP contribution is 2.42. The van der Waals surface area contributed by atoms with E-state index in [-0.39, 0.29) is 0 Å². The Hall–Kier alpha value is 0.0400. The second-order valence-corrected chi connectivity index (χ2v) is 7.33. The fourth-order valence-corrected chi connectivity index (χ4v) is 3.91. The molecule has 2 aliphatic rings. The summed E-state index contributed by atoms with van der Waals surface area (Å²) in [5.74, 6) is 1.76. The second-order valence-electron chi connectivity index (χ2n) is 5.68. The number of hydrogen-bond acceptors (Lipinski definition) is 1. The van der Waals surface area contributed by atoms with Crippen LogP contribution in [-0.4, -0.2) is 6.04 Å². The molecule has 0 atom stereocenters. The summed E-state index contributed by atoms with van der Waals surface area (Å²) >= 11 is 8.65. The summed E-state index contributed by atoms with van der Waals surface area (Å²) < 4.78 is 1.20. The Morgan fingerprint density at radius 3 is 2.17 bits per heavy atom. The van der Waals surface area contributed by atoms with E-state index in [1.165, 1.54) is 42.1 Å². The number of anilines is 1. The topological polar surface area (TPSA) is 12.0 Å². The summed E-state index contributed by atoms with van der Waals surface area (Å²) in [6.07, 6.45) is 8.42. The Balaban J connectivity index is 1.74. The minimum absolute atomic E-state index is 0.657. The molecule has 0 bridgehead atoms. The summed E-state index contributed by atoms with van der Waals surface area (Å²) in [4.78, 5) is 0. The maximum atomic E-state index is 6.34. The van der Waals surface area contributed by atoms with E-state index in [0.29, 0.717) is 6.04 Å². The van der Waals surface area contributed by atoms with Crippen molar-refractivity contribution in [2.75, 3.05) is 5.32 Å². The molecule has 1 nitrogen and oxygen atoms in total. The van der Waals surface area contributed by atoms with Gasteiger partial charge in [0.15, 0.2) is 0 Å². The van der Waals surface area contributed by atoms with Gasteiger partial charge < -0.3 is 5.32 Å². The van der Waals surface area contributed by atoms with Crippen molar-refractivity contribution in [1.29, 1.82) is 0 Å². The summed E-state index contributed by atoms with van der Waals surface area (Å²) in [5.41, 5.74) is 1.13. The first-order valence-corrected chi connectivity index (χ1v) is 8.41. The number of nitrogens with one attached hydrogen (secondary N) is 1. The second kappa shape index (κ2) is 5.58. The quantitative estimate of drug-likeness (QED) is 0.702. The molecule has 0 heterocycles. The van der Waals surface area contributed by atoms with Crippen LogP contribution in [0.5, 0.6) is 0 Å². The van der Waals surface area contributed by atoms with Crippen molar-refractivity contribution in [1.82, 2.24) is 0 Å². The van der Waals surface area contributed by atoms with Crippen LogP contribution in [-0.2, 0) is 0 Å². The zero-order chi connectivity index (χ0) is 12.5. The van der Waals surface area contributed by atoms with Gasteiger partial charge in [0, 0.05) is 9.61 Å². The van der Waals surface area contributed by atoms with Crippen molar-refractivity contribution in [2.45, 2.75) is 44.6 Å². The van der Waals surface area contributed by atoms with Gasteiger partial charge in [0.1, 0.15) is 0 Å². The number of halogens is 2. The Labute approximate surface area is 128 Å². The Morgan fingerprint density at radius 2 is 1.72 bits per heavy atom. The molecule has 0 spiro atoms. The zero-order valence-electron chi connectivity index (χ0n) is 10.5. The van der Waals surface area contributed by atoms with Gasteiger partial charge in [0.05, 0.1) is 10.7 Å². The van der Waals surface area contributed by atoms with Gasteiger partial charge in [0.2, 0.25) is 0 Å². The van der Waals surface area contributed by atoms with Crippen LogP contribution in [0.4, 0.5) is 5.69 Å². The van der Waals surface area contributed by atoms with Crippen LogP contribution >= 0.6 is 34.2 Å². The van der Waals surface area contributed by atoms with Crippen LogP contribution in [0.15, 0.2) is 18.2 Å². The molecular formula is C15H19ClIN. The van der Waals surface area contributed by atoms with E-state index in [2.05, 4.69) is 40.0 Å². The molecule has 1 aromatic rings. The van der Waals surface area contributed by atoms with Crippen molar-refractivity contribution in [3.8, 4) is 0 Å². The molecule has 0 aromatic heterocycles. The minimum atomic E-state index is 0.657. The lowest BCUT2D eigenvalue weighted by atomic mass is 9.68. The lowest BCUT2D eigenvalue weighted by molar-refractivity contribution is 0.166. The third-order valence-corrected chi connectivity index (χ3v) is 5.55. The smallest absolute Gasteiger partial charge is 0.0648 e. The minimum Gasteiger partial charge on any atom is -0.381 e. The molecule has 2 saturated carbocycles. The van der Waals surface area contributed by atoms with E-state index in [1.807, 2.05) is 6.07 Å². The van der Waals surface area contributed by atoms with E-state index in [0.717, 1.165) is 22.5 Å². The highest BCUT2D eigenvalue weighted by molar-refractivity contribution is 14.1. The standard InChI is InChI=1S/C15H19ClIN/c16-13-9-12(17)7-8-14(13)18-15(10-3-1-4-10)11-5-2-6-11/h7-11,15,18H,1-6H2. The van der Waals surface area contributed by atoms with E-state index < -0.39 is 0 Å². The molecule has 0 unspecified atom stereocenters. The zero-order valence-corrected chi connectivity index (χ0v) is 13.4. The van der Waals surface area contributed by atoms with E-state index in [1.54, 1.807) is 0 Å². The number of hydrogen-bond donors (Lipinski definition) is 1. The Bertz CT molecular complexity index is 413. The maximum Gasteiger partial charge on any atom is 0.0648 e. The normalized spacial score (nSPS) is 20.6. The molecule has 98 valence electrons. The third-order valence-electron chi connectivity index (χ3n) is 4.57. The summed E-state index contributed by atoms with van der Waals surface area (Å²) in [5, 5.41) is 4.61. The van der Waals surface area contributed by atoms with Gasteiger partial charge in [-0.25, -0.2) is 0 Å². The fraction of sp³-hybridized carbons (Fsp3) is 0.600. The molecule has 1 aromatic carbocycles. The first-order valence-electron chi connectivity index (χ1n) is 6.95. The highest BCUT2D eigenvalue weighted by atomic mass is 127. The van der Waals surface area contributed by atoms with Gasteiger partial charge in [-0.3, -0.25) is 0 Å². The molecule has 0 radical (unpaired) electrons. The van der Waals surface area contributed by atoms with Crippen LogP contribution in [0.1, 0.15) is 38.5 Å².